The first kappa shape index (κ1) is 22.3. The van der Waals surface area contributed by atoms with Gasteiger partial charge in [0.05, 0.1) is 16.2 Å². The van der Waals surface area contributed by atoms with Gasteiger partial charge in [-0.15, -0.1) is 11.8 Å². The molecule has 0 aromatic heterocycles. The van der Waals surface area contributed by atoms with E-state index in [1.54, 1.807) is 36.4 Å². The second kappa shape index (κ2) is 9.63. The zero-order valence-corrected chi connectivity index (χ0v) is 18.5. The van der Waals surface area contributed by atoms with Crippen LogP contribution >= 0.6 is 11.8 Å². The fourth-order valence-electron chi connectivity index (χ4n) is 2.72. The molecule has 9 heteroatoms. The standard InChI is InChI=1S/C21H25N3O4S2/c1-14(2)22-20(25)13-29-19-9-4-3-8-18(19)21(26)23-16-6-5-7-17(12-16)30(27,28)24-15-10-11-15/h3-9,12,14-15,24H,10-11,13H2,1-2H3,(H,22,25)(H,23,26). The molecule has 1 aliphatic carbocycles. The third-order valence-electron chi connectivity index (χ3n) is 4.24. The first-order valence-electron chi connectivity index (χ1n) is 9.69. The maximum atomic E-state index is 12.8. The number of benzene rings is 2. The number of hydrogen-bond acceptors (Lipinski definition) is 5. The summed E-state index contributed by atoms with van der Waals surface area (Å²) in [5.74, 6) is -0.276. The Morgan fingerprint density at radius 2 is 1.83 bits per heavy atom. The zero-order valence-electron chi connectivity index (χ0n) is 16.8. The number of carbonyl (C=O) groups excluding carboxylic acids is 2. The molecule has 1 aliphatic rings. The largest absolute Gasteiger partial charge is 0.353 e. The van der Waals surface area contributed by atoms with Gasteiger partial charge in [-0.25, -0.2) is 13.1 Å². The number of carbonyl (C=O) groups is 2. The van der Waals surface area contributed by atoms with Crippen molar-refractivity contribution in [2.45, 2.75) is 48.6 Å². The molecule has 0 saturated heterocycles. The summed E-state index contributed by atoms with van der Waals surface area (Å²) in [6, 6.07) is 13.2. The van der Waals surface area contributed by atoms with E-state index in [-0.39, 0.29) is 34.5 Å². The van der Waals surface area contributed by atoms with Crippen LogP contribution in [0.15, 0.2) is 58.3 Å². The molecule has 0 bridgehead atoms. The van der Waals surface area contributed by atoms with E-state index in [0.717, 1.165) is 12.8 Å². The fraction of sp³-hybridized carbons (Fsp3) is 0.333. The third kappa shape index (κ3) is 6.32. The summed E-state index contributed by atoms with van der Waals surface area (Å²) in [6.07, 6.45) is 1.69. The van der Waals surface area contributed by atoms with Crippen molar-refractivity contribution < 1.29 is 18.0 Å². The molecular formula is C21H25N3O4S2. The van der Waals surface area contributed by atoms with Gasteiger partial charge in [-0.1, -0.05) is 18.2 Å². The van der Waals surface area contributed by atoms with Gasteiger partial charge in [0.1, 0.15) is 0 Å². The quantitative estimate of drug-likeness (QED) is 0.513. The van der Waals surface area contributed by atoms with Crippen LogP contribution in [-0.2, 0) is 14.8 Å². The predicted molar refractivity (Wildman–Crippen MR) is 118 cm³/mol. The molecule has 3 N–H and O–H groups in total. The van der Waals surface area contributed by atoms with Crippen LogP contribution in [-0.4, -0.2) is 38.1 Å². The second-order valence-corrected chi connectivity index (χ2v) is 10.1. The van der Waals surface area contributed by atoms with Crippen LogP contribution in [0.4, 0.5) is 5.69 Å². The summed E-state index contributed by atoms with van der Waals surface area (Å²) in [5, 5.41) is 5.57. The Hall–Kier alpha value is -2.36. The molecule has 30 heavy (non-hydrogen) atoms. The van der Waals surface area contributed by atoms with Crippen molar-refractivity contribution >= 4 is 39.3 Å². The molecular weight excluding hydrogens is 422 g/mol. The Morgan fingerprint density at radius 3 is 2.53 bits per heavy atom. The van der Waals surface area contributed by atoms with E-state index < -0.39 is 10.0 Å². The van der Waals surface area contributed by atoms with Crippen LogP contribution in [0.1, 0.15) is 37.0 Å². The summed E-state index contributed by atoms with van der Waals surface area (Å²) in [6.45, 7) is 3.77. The smallest absolute Gasteiger partial charge is 0.256 e. The lowest BCUT2D eigenvalue weighted by molar-refractivity contribution is -0.119. The number of amides is 2. The topological polar surface area (TPSA) is 104 Å². The molecule has 160 valence electrons. The lowest BCUT2D eigenvalue weighted by atomic mass is 10.2. The number of anilines is 1. The Kier molecular flexibility index (Phi) is 7.17. The maximum absolute atomic E-state index is 12.8. The molecule has 1 fully saturated rings. The fourth-order valence-corrected chi connectivity index (χ4v) is 4.93. The minimum Gasteiger partial charge on any atom is -0.353 e. The minimum atomic E-state index is -3.61. The molecule has 2 aromatic carbocycles. The number of rotatable bonds is 9. The number of hydrogen-bond donors (Lipinski definition) is 3. The van der Waals surface area contributed by atoms with E-state index >= 15 is 0 Å². The first-order chi connectivity index (χ1) is 14.2. The predicted octanol–water partition coefficient (Wildman–Crippen LogP) is 3.00. The summed E-state index contributed by atoms with van der Waals surface area (Å²) < 4.78 is 27.4. The average molecular weight is 448 g/mol. The second-order valence-electron chi connectivity index (χ2n) is 7.38. The van der Waals surface area contributed by atoms with Crippen molar-refractivity contribution in [2.24, 2.45) is 0 Å². The molecule has 2 amide bonds. The molecule has 3 rings (SSSR count). The lowest BCUT2D eigenvalue weighted by Gasteiger charge is -2.12. The van der Waals surface area contributed by atoms with Gasteiger partial charge < -0.3 is 10.6 Å². The summed E-state index contributed by atoms with van der Waals surface area (Å²) in [5.41, 5.74) is 0.806. The van der Waals surface area contributed by atoms with Gasteiger partial charge >= 0.3 is 0 Å². The SMILES string of the molecule is CC(C)NC(=O)CSc1ccccc1C(=O)Nc1cccc(S(=O)(=O)NC2CC2)c1. The van der Waals surface area contributed by atoms with Gasteiger partial charge in [0.25, 0.3) is 5.91 Å². The van der Waals surface area contributed by atoms with Crippen molar-refractivity contribution in [3.8, 4) is 0 Å². The van der Waals surface area contributed by atoms with Gasteiger partial charge in [0.2, 0.25) is 15.9 Å². The molecule has 0 unspecified atom stereocenters. The van der Waals surface area contributed by atoms with Crippen molar-refractivity contribution in [1.29, 1.82) is 0 Å². The van der Waals surface area contributed by atoms with Gasteiger partial charge in [0, 0.05) is 22.7 Å². The van der Waals surface area contributed by atoms with E-state index in [1.165, 1.54) is 23.9 Å². The monoisotopic (exact) mass is 447 g/mol. The molecule has 0 aliphatic heterocycles. The van der Waals surface area contributed by atoms with Crippen LogP contribution < -0.4 is 15.4 Å². The molecule has 0 spiro atoms. The molecule has 0 heterocycles. The van der Waals surface area contributed by atoms with E-state index in [2.05, 4.69) is 15.4 Å². The van der Waals surface area contributed by atoms with Crippen LogP contribution in [0.5, 0.6) is 0 Å². The zero-order chi connectivity index (χ0) is 21.7. The van der Waals surface area contributed by atoms with Gasteiger partial charge in [-0.2, -0.15) is 0 Å². The van der Waals surface area contributed by atoms with E-state index in [1.807, 2.05) is 13.8 Å². The molecule has 1 saturated carbocycles. The minimum absolute atomic E-state index is 0.00467. The van der Waals surface area contributed by atoms with Crippen molar-refractivity contribution in [3.05, 3.63) is 54.1 Å². The summed E-state index contributed by atoms with van der Waals surface area (Å²) >= 11 is 1.28. The Morgan fingerprint density at radius 1 is 1.10 bits per heavy atom. The Balaban J connectivity index is 1.70. The first-order valence-corrected chi connectivity index (χ1v) is 12.2. The molecule has 7 nitrogen and oxygen atoms in total. The lowest BCUT2D eigenvalue weighted by Crippen LogP contribution is -2.31. The number of sulfonamides is 1. The van der Waals surface area contributed by atoms with Crippen LogP contribution in [0.25, 0.3) is 0 Å². The average Bonchev–Trinajstić information content (AvgIpc) is 3.49. The normalized spacial score (nSPS) is 13.8. The highest BCUT2D eigenvalue weighted by atomic mass is 32.2. The summed E-state index contributed by atoms with van der Waals surface area (Å²) in [4.78, 5) is 25.5. The van der Waals surface area contributed by atoms with Gasteiger partial charge in [-0.05, 0) is 57.0 Å². The molecule has 0 radical (unpaired) electrons. The third-order valence-corrected chi connectivity index (χ3v) is 6.83. The molecule has 2 aromatic rings. The highest BCUT2D eigenvalue weighted by Crippen LogP contribution is 2.25. The van der Waals surface area contributed by atoms with Crippen LogP contribution in [0.3, 0.4) is 0 Å². The van der Waals surface area contributed by atoms with E-state index in [4.69, 9.17) is 0 Å². The van der Waals surface area contributed by atoms with E-state index in [0.29, 0.717) is 16.1 Å². The van der Waals surface area contributed by atoms with Crippen LogP contribution in [0.2, 0.25) is 0 Å². The maximum Gasteiger partial charge on any atom is 0.256 e. The van der Waals surface area contributed by atoms with Crippen LogP contribution in [0, 0.1) is 0 Å². The van der Waals surface area contributed by atoms with Crippen molar-refractivity contribution in [2.75, 3.05) is 11.1 Å². The Bertz CT molecular complexity index is 1030. The van der Waals surface area contributed by atoms with Gasteiger partial charge in [-0.3, -0.25) is 9.59 Å². The van der Waals surface area contributed by atoms with Crippen molar-refractivity contribution in [3.63, 3.8) is 0 Å². The molecule has 0 atom stereocenters. The van der Waals surface area contributed by atoms with Crippen molar-refractivity contribution in [1.82, 2.24) is 10.0 Å². The highest BCUT2D eigenvalue weighted by molar-refractivity contribution is 8.00. The van der Waals surface area contributed by atoms with E-state index in [9.17, 15) is 18.0 Å². The van der Waals surface area contributed by atoms with Gasteiger partial charge in [0.15, 0.2) is 0 Å². The summed E-state index contributed by atoms with van der Waals surface area (Å²) in [7, 11) is -3.61. The number of thioether (sulfide) groups is 1. The Labute approximate surface area is 181 Å². The highest BCUT2D eigenvalue weighted by Gasteiger charge is 2.28. The number of nitrogens with one attached hydrogen (secondary N) is 3.